The van der Waals surface area contributed by atoms with E-state index in [1.807, 2.05) is 0 Å². The molecule has 1 aliphatic carbocycles. The number of hydrogen-bond donors (Lipinski definition) is 0. The predicted molar refractivity (Wildman–Crippen MR) is 38.0 cm³/mol. The molecule has 3 heteroatoms. The second-order valence-corrected chi connectivity index (χ2v) is 2.41. The molecule has 0 aromatic rings. The molecule has 1 aliphatic rings. The quantitative estimate of drug-likeness (QED) is 0.404. The van der Waals surface area contributed by atoms with Gasteiger partial charge in [-0.2, -0.15) is 0 Å². The third kappa shape index (κ3) is 1.42. The molecule has 3 nitrogen and oxygen atoms in total. The van der Waals surface area contributed by atoms with Gasteiger partial charge in [-0.1, -0.05) is 6.92 Å². The Bertz CT molecular complexity index is 261. The van der Waals surface area contributed by atoms with Gasteiger partial charge in [0.1, 0.15) is 0 Å². The SMILES string of the molecule is CCC1=CC(=O)C(=O)CC1=O. The van der Waals surface area contributed by atoms with E-state index in [-0.39, 0.29) is 12.2 Å². The Morgan fingerprint density at radius 2 is 1.91 bits per heavy atom. The minimum Gasteiger partial charge on any atom is -0.294 e. The molecule has 58 valence electrons. The number of rotatable bonds is 1. The smallest absolute Gasteiger partial charge is 0.222 e. The molecule has 0 atom stereocenters. The van der Waals surface area contributed by atoms with E-state index >= 15 is 0 Å². The van der Waals surface area contributed by atoms with Gasteiger partial charge < -0.3 is 0 Å². The van der Waals surface area contributed by atoms with Crippen LogP contribution in [0.3, 0.4) is 0 Å². The number of allylic oxidation sites excluding steroid dienone is 2. The van der Waals surface area contributed by atoms with Crippen LogP contribution in [0.25, 0.3) is 0 Å². The molecular formula is C8H8O3. The third-order valence-electron chi connectivity index (χ3n) is 1.64. The van der Waals surface area contributed by atoms with Crippen molar-refractivity contribution in [3.8, 4) is 0 Å². The highest BCUT2D eigenvalue weighted by atomic mass is 16.2. The number of carbonyl (C=O) groups excluding carboxylic acids is 3. The highest BCUT2D eigenvalue weighted by molar-refractivity contribution is 6.47. The summed E-state index contributed by atoms with van der Waals surface area (Å²) < 4.78 is 0. The van der Waals surface area contributed by atoms with Crippen LogP contribution in [0, 0.1) is 0 Å². The average molecular weight is 152 g/mol. The predicted octanol–water partition coefficient (Wildman–Crippen LogP) is 0.434. The monoisotopic (exact) mass is 152 g/mol. The van der Waals surface area contributed by atoms with E-state index in [0.29, 0.717) is 12.0 Å². The fourth-order valence-corrected chi connectivity index (χ4v) is 0.965. The number of ketones is 3. The van der Waals surface area contributed by atoms with E-state index in [9.17, 15) is 14.4 Å². The average Bonchev–Trinajstić information content (AvgIpc) is 1.97. The zero-order valence-corrected chi connectivity index (χ0v) is 6.22. The molecule has 0 saturated carbocycles. The van der Waals surface area contributed by atoms with E-state index < -0.39 is 11.6 Å². The topological polar surface area (TPSA) is 51.2 Å². The van der Waals surface area contributed by atoms with E-state index in [4.69, 9.17) is 0 Å². The molecular weight excluding hydrogens is 144 g/mol. The fraction of sp³-hybridized carbons (Fsp3) is 0.375. The largest absolute Gasteiger partial charge is 0.294 e. The van der Waals surface area contributed by atoms with Crippen molar-refractivity contribution in [1.29, 1.82) is 0 Å². The van der Waals surface area contributed by atoms with Gasteiger partial charge in [-0.05, 0) is 18.1 Å². The maximum Gasteiger partial charge on any atom is 0.222 e. The van der Waals surface area contributed by atoms with E-state index in [1.54, 1.807) is 6.92 Å². The molecule has 0 aliphatic heterocycles. The van der Waals surface area contributed by atoms with Crippen LogP contribution in [-0.4, -0.2) is 17.3 Å². The van der Waals surface area contributed by atoms with Crippen LogP contribution in [0.2, 0.25) is 0 Å². The zero-order chi connectivity index (χ0) is 8.43. The van der Waals surface area contributed by atoms with Gasteiger partial charge in [-0.3, -0.25) is 14.4 Å². The first-order chi connectivity index (χ1) is 5.15. The summed E-state index contributed by atoms with van der Waals surface area (Å²) in [5.74, 6) is -1.34. The second kappa shape index (κ2) is 2.78. The van der Waals surface area contributed by atoms with Crippen LogP contribution >= 0.6 is 0 Å². The Kier molecular flexibility index (Phi) is 1.98. The van der Waals surface area contributed by atoms with Gasteiger partial charge in [0.2, 0.25) is 11.6 Å². The Morgan fingerprint density at radius 3 is 2.45 bits per heavy atom. The maximum absolute atomic E-state index is 10.9. The van der Waals surface area contributed by atoms with Gasteiger partial charge in [0, 0.05) is 0 Å². The molecule has 0 aromatic heterocycles. The standard InChI is InChI=1S/C8H8O3/c1-2-5-3-7(10)8(11)4-6(5)9/h3H,2,4H2,1H3. The minimum atomic E-state index is -0.591. The summed E-state index contributed by atoms with van der Waals surface area (Å²) in [5.41, 5.74) is 0.467. The number of Topliss-reactive ketones (excluding diaryl/α,β-unsaturated/α-hetero) is 2. The zero-order valence-electron chi connectivity index (χ0n) is 6.22. The molecule has 0 fully saturated rings. The summed E-state index contributed by atoms with van der Waals surface area (Å²) in [6, 6.07) is 0. The molecule has 0 bridgehead atoms. The van der Waals surface area contributed by atoms with Crippen molar-refractivity contribution in [3.05, 3.63) is 11.6 Å². The summed E-state index contributed by atoms with van der Waals surface area (Å²) in [5, 5.41) is 0. The van der Waals surface area contributed by atoms with Crippen molar-refractivity contribution in [2.24, 2.45) is 0 Å². The number of carbonyl (C=O) groups is 3. The van der Waals surface area contributed by atoms with Crippen LogP contribution in [0.4, 0.5) is 0 Å². The van der Waals surface area contributed by atoms with Crippen LogP contribution in [0.1, 0.15) is 19.8 Å². The Labute approximate surface area is 64.1 Å². The minimum absolute atomic E-state index is 0.211. The van der Waals surface area contributed by atoms with Crippen molar-refractivity contribution in [2.45, 2.75) is 19.8 Å². The Morgan fingerprint density at radius 1 is 1.27 bits per heavy atom. The van der Waals surface area contributed by atoms with Gasteiger partial charge >= 0.3 is 0 Å². The molecule has 0 amide bonds. The normalized spacial score (nSPS) is 18.6. The van der Waals surface area contributed by atoms with E-state index in [1.165, 1.54) is 0 Å². The molecule has 0 spiro atoms. The van der Waals surface area contributed by atoms with Crippen molar-refractivity contribution < 1.29 is 14.4 Å². The molecule has 0 radical (unpaired) electrons. The Hall–Kier alpha value is -1.25. The first kappa shape index (κ1) is 7.85. The van der Waals surface area contributed by atoms with Crippen LogP contribution in [0.15, 0.2) is 11.6 Å². The Balaban J connectivity index is 2.97. The lowest BCUT2D eigenvalue weighted by molar-refractivity contribution is -0.136. The summed E-state index contributed by atoms with van der Waals surface area (Å²) in [6.45, 7) is 1.78. The molecule has 0 N–H and O–H groups in total. The third-order valence-corrected chi connectivity index (χ3v) is 1.64. The second-order valence-electron chi connectivity index (χ2n) is 2.41. The van der Waals surface area contributed by atoms with Crippen molar-refractivity contribution in [1.82, 2.24) is 0 Å². The summed E-state index contributed by atoms with van der Waals surface area (Å²) in [7, 11) is 0. The lowest BCUT2D eigenvalue weighted by Gasteiger charge is -2.06. The van der Waals surface area contributed by atoms with E-state index in [0.717, 1.165) is 6.08 Å². The molecule has 0 saturated heterocycles. The number of hydrogen-bond acceptors (Lipinski definition) is 3. The van der Waals surface area contributed by atoms with E-state index in [2.05, 4.69) is 0 Å². The molecule has 0 aromatic carbocycles. The van der Waals surface area contributed by atoms with Gasteiger partial charge in [0.05, 0.1) is 6.42 Å². The summed E-state index contributed by atoms with van der Waals surface area (Å²) in [4.78, 5) is 32.3. The maximum atomic E-state index is 10.9. The van der Waals surface area contributed by atoms with Gasteiger partial charge in [-0.15, -0.1) is 0 Å². The first-order valence-electron chi connectivity index (χ1n) is 3.46. The van der Waals surface area contributed by atoms with Crippen molar-refractivity contribution >= 4 is 17.3 Å². The summed E-state index contributed by atoms with van der Waals surface area (Å²) >= 11 is 0. The first-order valence-corrected chi connectivity index (χ1v) is 3.46. The molecule has 0 unspecified atom stereocenters. The molecule has 0 heterocycles. The van der Waals surface area contributed by atoms with Crippen LogP contribution in [-0.2, 0) is 14.4 Å². The van der Waals surface area contributed by atoms with Crippen molar-refractivity contribution in [3.63, 3.8) is 0 Å². The highest BCUT2D eigenvalue weighted by Gasteiger charge is 2.24. The van der Waals surface area contributed by atoms with Gasteiger partial charge in [-0.25, -0.2) is 0 Å². The van der Waals surface area contributed by atoms with Gasteiger partial charge in [0.25, 0.3) is 0 Å². The fourth-order valence-electron chi connectivity index (χ4n) is 0.965. The molecule has 11 heavy (non-hydrogen) atoms. The van der Waals surface area contributed by atoms with Crippen LogP contribution < -0.4 is 0 Å². The van der Waals surface area contributed by atoms with Crippen LogP contribution in [0.5, 0.6) is 0 Å². The summed E-state index contributed by atoms with van der Waals surface area (Å²) in [6.07, 6.45) is 1.44. The lowest BCUT2D eigenvalue weighted by Crippen LogP contribution is -2.23. The van der Waals surface area contributed by atoms with Crippen molar-refractivity contribution in [2.75, 3.05) is 0 Å². The van der Waals surface area contributed by atoms with Gasteiger partial charge in [0.15, 0.2) is 5.78 Å². The highest BCUT2D eigenvalue weighted by Crippen LogP contribution is 2.11. The lowest BCUT2D eigenvalue weighted by atomic mass is 9.95. The molecule has 1 rings (SSSR count).